The Morgan fingerprint density at radius 3 is 2.67 bits per heavy atom. The largest absolute Gasteiger partial charge is 0.373 e. The summed E-state index contributed by atoms with van der Waals surface area (Å²) in [6, 6.07) is 6.41. The number of rotatable bonds is 6. The molecule has 0 fully saturated rings. The van der Waals surface area contributed by atoms with E-state index in [1.807, 2.05) is 7.05 Å². The number of likely N-dealkylation sites (N-methyl/N-ethyl adjacent to an activating group) is 2. The van der Waals surface area contributed by atoms with Crippen LogP contribution in [-0.2, 0) is 4.79 Å². The maximum Gasteiger partial charge on any atom is 0.234 e. The van der Waals surface area contributed by atoms with Crippen LogP contribution in [0.5, 0.6) is 0 Å². The molecule has 0 unspecified atom stereocenters. The van der Waals surface area contributed by atoms with Crippen molar-refractivity contribution in [3.8, 4) is 0 Å². The third-order valence-electron chi connectivity index (χ3n) is 2.87. The predicted molar refractivity (Wildman–Crippen MR) is 76.1 cm³/mol. The molecule has 100 valence electrons. The summed E-state index contributed by atoms with van der Waals surface area (Å²) in [6.07, 6.45) is 0. The summed E-state index contributed by atoms with van der Waals surface area (Å²) in [5.74, 6) is 0.0338. The SMILES string of the molecule is CNCC(=O)NCCN(C)c1ccc(C)cc1C. The van der Waals surface area contributed by atoms with E-state index in [-0.39, 0.29) is 5.91 Å². The molecule has 0 saturated carbocycles. The van der Waals surface area contributed by atoms with Crippen LogP contribution in [0.3, 0.4) is 0 Å². The number of aryl methyl sites for hydroxylation is 2. The smallest absolute Gasteiger partial charge is 0.234 e. The molecule has 0 aromatic heterocycles. The Bertz CT molecular complexity index is 404. The van der Waals surface area contributed by atoms with Crippen molar-refractivity contribution in [1.82, 2.24) is 10.6 Å². The van der Waals surface area contributed by atoms with Crippen LogP contribution in [0, 0.1) is 13.8 Å². The number of amides is 1. The van der Waals surface area contributed by atoms with Gasteiger partial charge >= 0.3 is 0 Å². The average Bonchev–Trinajstić information content (AvgIpc) is 2.29. The normalized spacial score (nSPS) is 10.2. The van der Waals surface area contributed by atoms with Crippen LogP contribution in [0.15, 0.2) is 18.2 Å². The number of benzene rings is 1. The van der Waals surface area contributed by atoms with E-state index in [9.17, 15) is 4.79 Å². The van der Waals surface area contributed by atoms with Crippen molar-refractivity contribution in [2.45, 2.75) is 13.8 Å². The molecule has 0 heterocycles. The molecular formula is C14H23N3O. The number of hydrogen-bond acceptors (Lipinski definition) is 3. The molecule has 0 saturated heterocycles. The highest BCUT2D eigenvalue weighted by atomic mass is 16.1. The molecule has 2 N–H and O–H groups in total. The van der Waals surface area contributed by atoms with Crippen molar-refractivity contribution >= 4 is 11.6 Å². The van der Waals surface area contributed by atoms with E-state index in [0.29, 0.717) is 13.1 Å². The van der Waals surface area contributed by atoms with Gasteiger partial charge in [-0.1, -0.05) is 17.7 Å². The maximum absolute atomic E-state index is 11.3. The van der Waals surface area contributed by atoms with Gasteiger partial charge in [0.25, 0.3) is 0 Å². The van der Waals surface area contributed by atoms with Crippen molar-refractivity contribution in [1.29, 1.82) is 0 Å². The highest BCUT2D eigenvalue weighted by molar-refractivity contribution is 5.77. The second-order valence-corrected chi connectivity index (χ2v) is 4.59. The third-order valence-corrected chi connectivity index (χ3v) is 2.87. The topological polar surface area (TPSA) is 44.4 Å². The number of anilines is 1. The number of nitrogens with one attached hydrogen (secondary N) is 2. The van der Waals surface area contributed by atoms with E-state index in [1.54, 1.807) is 7.05 Å². The summed E-state index contributed by atoms with van der Waals surface area (Å²) in [7, 11) is 3.81. The standard InChI is InChI=1S/C14H23N3O/c1-11-5-6-13(12(2)9-11)17(4)8-7-16-14(18)10-15-3/h5-6,9,15H,7-8,10H2,1-4H3,(H,16,18). The fraction of sp³-hybridized carbons (Fsp3) is 0.500. The van der Waals surface area contributed by atoms with Gasteiger partial charge in [-0.3, -0.25) is 4.79 Å². The van der Waals surface area contributed by atoms with Gasteiger partial charge in [-0.15, -0.1) is 0 Å². The van der Waals surface area contributed by atoms with Crippen molar-refractivity contribution < 1.29 is 4.79 Å². The molecule has 18 heavy (non-hydrogen) atoms. The summed E-state index contributed by atoms with van der Waals surface area (Å²) in [5, 5.41) is 5.70. The van der Waals surface area contributed by atoms with Crippen LogP contribution >= 0.6 is 0 Å². The molecule has 1 rings (SSSR count). The molecule has 1 aromatic rings. The van der Waals surface area contributed by atoms with Crippen LogP contribution in [0.4, 0.5) is 5.69 Å². The molecule has 1 aromatic carbocycles. The molecule has 0 radical (unpaired) electrons. The van der Waals surface area contributed by atoms with Gasteiger partial charge in [0.1, 0.15) is 0 Å². The van der Waals surface area contributed by atoms with E-state index in [1.165, 1.54) is 16.8 Å². The fourth-order valence-electron chi connectivity index (χ4n) is 1.94. The van der Waals surface area contributed by atoms with Crippen LogP contribution < -0.4 is 15.5 Å². The first-order valence-electron chi connectivity index (χ1n) is 6.24. The molecule has 0 bridgehead atoms. The van der Waals surface area contributed by atoms with Gasteiger partial charge < -0.3 is 15.5 Å². The Balaban J connectivity index is 2.45. The molecule has 0 spiro atoms. The summed E-state index contributed by atoms with van der Waals surface area (Å²) in [4.78, 5) is 13.4. The minimum Gasteiger partial charge on any atom is -0.373 e. The summed E-state index contributed by atoms with van der Waals surface area (Å²) in [6.45, 7) is 6.03. The van der Waals surface area contributed by atoms with Crippen molar-refractivity contribution in [2.24, 2.45) is 0 Å². The van der Waals surface area contributed by atoms with Gasteiger partial charge in [0, 0.05) is 25.8 Å². The number of nitrogens with zero attached hydrogens (tertiary/aromatic N) is 1. The number of carbonyl (C=O) groups is 1. The van der Waals surface area contributed by atoms with Crippen LogP contribution in [0.25, 0.3) is 0 Å². The molecule has 4 nitrogen and oxygen atoms in total. The molecule has 0 aliphatic heterocycles. The van der Waals surface area contributed by atoms with Gasteiger partial charge in [0.2, 0.25) is 5.91 Å². The fourth-order valence-corrected chi connectivity index (χ4v) is 1.94. The van der Waals surface area contributed by atoms with Crippen molar-refractivity contribution in [3.63, 3.8) is 0 Å². The predicted octanol–water partition coefficient (Wildman–Crippen LogP) is 1.08. The van der Waals surface area contributed by atoms with E-state index in [2.05, 4.69) is 47.6 Å². The second-order valence-electron chi connectivity index (χ2n) is 4.59. The lowest BCUT2D eigenvalue weighted by Gasteiger charge is -2.22. The van der Waals surface area contributed by atoms with Crippen LogP contribution in [0.2, 0.25) is 0 Å². The second kappa shape index (κ2) is 7.01. The highest BCUT2D eigenvalue weighted by Gasteiger charge is 2.05. The zero-order valence-corrected chi connectivity index (χ0v) is 11.7. The lowest BCUT2D eigenvalue weighted by atomic mass is 10.1. The Morgan fingerprint density at radius 2 is 2.06 bits per heavy atom. The van der Waals surface area contributed by atoms with E-state index >= 15 is 0 Å². The molecule has 0 aliphatic rings. The van der Waals surface area contributed by atoms with Gasteiger partial charge in [-0.25, -0.2) is 0 Å². The minimum atomic E-state index is 0.0338. The number of carbonyl (C=O) groups excluding carboxylic acids is 1. The Labute approximate surface area is 109 Å². The summed E-state index contributed by atoms with van der Waals surface area (Å²) < 4.78 is 0. The minimum absolute atomic E-state index is 0.0338. The van der Waals surface area contributed by atoms with Gasteiger partial charge in [-0.2, -0.15) is 0 Å². The summed E-state index contributed by atoms with van der Waals surface area (Å²) in [5.41, 5.74) is 3.74. The van der Waals surface area contributed by atoms with Crippen LogP contribution in [0.1, 0.15) is 11.1 Å². The van der Waals surface area contributed by atoms with Gasteiger partial charge in [0.05, 0.1) is 6.54 Å². The molecule has 0 atom stereocenters. The first kappa shape index (κ1) is 14.5. The Morgan fingerprint density at radius 1 is 1.33 bits per heavy atom. The Hall–Kier alpha value is -1.55. The van der Waals surface area contributed by atoms with Gasteiger partial charge in [-0.05, 0) is 32.5 Å². The molecule has 0 aliphatic carbocycles. The Kier molecular flexibility index (Phi) is 5.65. The van der Waals surface area contributed by atoms with E-state index in [0.717, 1.165) is 6.54 Å². The van der Waals surface area contributed by atoms with E-state index in [4.69, 9.17) is 0 Å². The summed E-state index contributed by atoms with van der Waals surface area (Å²) >= 11 is 0. The average molecular weight is 249 g/mol. The highest BCUT2D eigenvalue weighted by Crippen LogP contribution is 2.19. The first-order valence-corrected chi connectivity index (χ1v) is 6.24. The zero-order chi connectivity index (χ0) is 13.5. The lowest BCUT2D eigenvalue weighted by Crippen LogP contribution is -2.37. The molecule has 4 heteroatoms. The first-order chi connectivity index (χ1) is 8.54. The quantitative estimate of drug-likeness (QED) is 0.793. The molecular weight excluding hydrogens is 226 g/mol. The lowest BCUT2D eigenvalue weighted by molar-refractivity contribution is -0.120. The van der Waals surface area contributed by atoms with Crippen LogP contribution in [-0.4, -0.2) is 39.6 Å². The van der Waals surface area contributed by atoms with Gasteiger partial charge in [0.15, 0.2) is 0 Å². The monoisotopic (exact) mass is 249 g/mol. The van der Waals surface area contributed by atoms with E-state index < -0.39 is 0 Å². The van der Waals surface area contributed by atoms with Crippen molar-refractivity contribution in [3.05, 3.63) is 29.3 Å². The zero-order valence-electron chi connectivity index (χ0n) is 11.7. The number of hydrogen-bond donors (Lipinski definition) is 2. The van der Waals surface area contributed by atoms with Crippen molar-refractivity contribution in [2.75, 3.05) is 38.6 Å². The maximum atomic E-state index is 11.3. The molecule has 1 amide bonds. The third kappa shape index (κ3) is 4.37.